The molecule has 0 aliphatic heterocycles. The van der Waals surface area contributed by atoms with E-state index in [-0.39, 0.29) is 18.3 Å². The second-order valence-electron chi connectivity index (χ2n) is 5.12. The lowest BCUT2D eigenvalue weighted by atomic mass is 10.2. The van der Waals surface area contributed by atoms with E-state index in [1.807, 2.05) is 32.0 Å². The predicted molar refractivity (Wildman–Crippen MR) is 92.2 cm³/mol. The van der Waals surface area contributed by atoms with Crippen LogP contribution in [0.1, 0.15) is 41.1 Å². The molecule has 3 aromatic heterocycles. The van der Waals surface area contributed by atoms with E-state index in [4.69, 9.17) is 4.74 Å². The third kappa shape index (κ3) is 3.33. The molecule has 0 amide bonds. The standard InChI is InChI=1S/C16H17N5O2S/c1-4-23-15(22)12-13-14(19-10(3)24-13)21-16(20-12)18-9(2)11-7-5-6-8-17-11/h5-9H,4H2,1-3H3,(H,18,20,21)/t9-/m0/s1. The number of aromatic nitrogens is 4. The molecule has 0 aliphatic carbocycles. The molecule has 8 heteroatoms. The van der Waals surface area contributed by atoms with E-state index in [2.05, 4.69) is 25.3 Å². The molecule has 3 rings (SSSR count). The van der Waals surface area contributed by atoms with Gasteiger partial charge >= 0.3 is 5.97 Å². The summed E-state index contributed by atoms with van der Waals surface area (Å²) in [6.07, 6.45) is 1.73. The Hall–Kier alpha value is -2.61. The summed E-state index contributed by atoms with van der Waals surface area (Å²) < 4.78 is 5.74. The minimum Gasteiger partial charge on any atom is -0.461 e. The van der Waals surface area contributed by atoms with Gasteiger partial charge in [0, 0.05) is 6.20 Å². The minimum absolute atomic E-state index is 0.113. The monoisotopic (exact) mass is 343 g/mol. The van der Waals surface area contributed by atoms with Crippen LogP contribution in [0.3, 0.4) is 0 Å². The van der Waals surface area contributed by atoms with Crippen LogP contribution in [0.4, 0.5) is 5.95 Å². The predicted octanol–water partition coefficient (Wildman–Crippen LogP) is 3.14. The van der Waals surface area contributed by atoms with Crippen LogP contribution in [0.25, 0.3) is 10.3 Å². The maximum Gasteiger partial charge on any atom is 0.358 e. The van der Waals surface area contributed by atoms with E-state index in [1.54, 1.807) is 13.1 Å². The molecule has 0 fully saturated rings. The maximum absolute atomic E-state index is 12.2. The number of rotatable bonds is 5. The van der Waals surface area contributed by atoms with Crippen LogP contribution in [0.2, 0.25) is 0 Å². The largest absolute Gasteiger partial charge is 0.461 e. The van der Waals surface area contributed by atoms with Crippen molar-refractivity contribution in [1.82, 2.24) is 19.9 Å². The quantitative estimate of drug-likeness (QED) is 0.712. The van der Waals surface area contributed by atoms with Crippen LogP contribution in [0.5, 0.6) is 0 Å². The Labute approximate surface area is 143 Å². The van der Waals surface area contributed by atoms with Crippen molar-refractivity contribution in [2.45, 2.75) is 26.8 Å². The summed E-state index contributed by atoms with van der Waals surface area (Å²) in [5.41, 5.74) is 1.59. The fourth-order valence-corrected chi connectivity index (χ4v) is 3.07. The number of anilines is 1. The zero-order valence-electron chi connectivity index (χ0n) is 13.6. The molecule has 0 spiro atoms. The van der Waals surface area contributed by atoms with Gasteiger partial charge in [0.15, 0.2) is 11.3 Å². The van der Waals surface area contributed by atoms with Crippen molar-refractivity contribution in [3.05, 3.63) is 40.8 Å². The third-order valence-corrected chi connectivity index (χ3v) is 4.27. The summed E-state index contributed by atoms with van der Waals surface area (Å²) in [6.45, 7) is 5.86. The molecule has 1 N–H and O–H groups in total. The van der Waals surface area contributed by atoms with Crippen molar-refractivity contribution in [3.63, 3.8) is 0 Å². The molecular formula is C16H17N5O2S. The van der Waals surface area contributed by atoms with Crippen molar-refractivity contribution in [1.29, 1.82) is 0 Å². The molecule has 1 atom stereocenters. The van der Waals surface area contributed by atoms with Crippen molar-refractivity contribution in [2.24, 2.45) is 0 Å². The van der Waals surface area contributed by atoms with Gasteiger partial charge in [-0.1, -0.05) is 6.07 Å². The first-order valence-corrected chi connectivity index (χ1v) is 8.40. The van der Waals surface area contributed by atoms with Gasteiger partial charge in [-0.2, -0.15) is 4.98 Å². The fraction of sp³-hybridized carbons (Fsp3) is 0.312. The Morgan fingerprint density at radius 1 is 1.33 bits per heavy atom. The first kappa shape index (κ1) is 16.3. The van der Waals surface area contributed by atoms with E-state index >= 15 is 0 Å². The molecule has 0 bridgehead atoms. The van der Waals surface area contributed by atoms with Crippen LogP contribution >= 0.6 is 11.3 Å². The van der Waals surface area contributed by atoms with Crippen molar-refractivity contribution in [3.8, 4) is 0 Å². The third-order valence-electron chi connectivity index (χ3n) is 3.31. The van der Waals surface area contributed by atoms with Gasteiger partial charge in [0.05, 0.1) is 23.4 Å². The molecule has 0 aliphatic rings. The van der Waals surface area contributed by atoms with Gasteiger partial charge in [-0.05, 0) is 32.9 Å². The Balaban J connectivity index is 1.97. The molecule has 124 valence electrons. The second-order valence-corrected chi connectivity index (χ2v) is 6.33. The number of ether oxygens (including phenoxy) is 1. The van der Waals surface area contributed by atoms with Crippen LogP contribution in [0.15, 0.2) is 24.4 Å². The smallest absolute Gasteiger partial charge is 0.358 e. The lowest BCUT2D eigenvalue weighted by Crippen LogP contribution is -2.14. The van der Waals surface area contributed by atoms with Crippen molar-refractivity contribution < 1.29 is 9.53 Å². The van der Waals surface area contributed by atoms with Crippen molar-refractivity contribution >= 4 is 33.6 Å². The zero-order valence-corrected chi connectivity index (χ0v) is 14.4. The number of carbonyl (C=O) groups excluding carboxylic acids is 1. The number of thiazole rings is 1. The van der Waals surface area contributed by atoms with Gasteiger partial charge in [-0.25, -0.2) is 14.8 Å². The number of nitrogens with one attached hydrogen (secondary N) is 1. The highest BCUT2D eigenvalue weighted by Crippen LogP contribution is 2.26. The van der Waals surface area contributed by atoms with Crippen LogP contribution < -0.4 is 5.32 Å². The first-order valence-electron chi connectivity index (χ1n) is 7.58. The van der Waals surface area contributed by atoms with Crippen molar-refractivity contribution in [2.75, 3.05) is 11.9 Å². The number of aryl methyl sites for hydroxylation is 1. The lowest BCUT2D eigenvalue weighted by molar-refractivity contribution is 0.0522. The zero-order chi connectivity index (χ0) is 17.1. The lowest BCUT2D eigenvalue weighted by Gasteiger charge is -2.13. The van der Waals surface area contributed by atoms with Gasteiger partial charge in [0.1, 0.15) is 4.70 Å². The summed E-state index contributed by atoms with van der Waals surface area (Å²) in [6, 6.07) is 5.57. The summed E-state index contributed by atoms with van der Waals surface area (Å²) in [5.74, 6) is -0.143. The highest BCUT2D eigenvalue weighted by Gasteiger charge is 2.20. The summed E-state index contributed by atoms with van der Waals surface area (Å²) in [5, 5.41) is 3.99. The SMILES string of the molecule is CCOC(=O)c1nc(N[C@@H](C)c2ccccn2)nc2nc(C)sc12. The average Bonchev–Trinajstić information content (AvgIpc) is 2.95. The highest BCUT2D eigenvalue weighted by molar-refractivity contribution is 7.18. The van der Waals surface area contributed by atoms with E-state index in [1.165, 1.54) is 11.3 Å². The van der Waals surface area contributed by atoms with Crippen LogP contribution in [-0.4, -0.2) is 32.5 Å². The minimum atomic E-state index is -0.470. The number of hydrogen-bond donors (Lipinski definition) is 1. The molecule has 0 aromatic carbocycles. The van der Waals surface area contributed by atoms with Crippen LogP contribution in [-0.2, 0) is 4.74 Å². The molecule has 3 heterocycles. The maximum atomic E-state index is 12.2. The number of nitrogens with zero attached hydrogens (tertiary/aromatic N) is 4. The molecule has 24 heavy (non-hydrogen) atoms. The Morgan fingerprint density at radius 3 is 2.88 bits per heavy atom. The molecule has 0 saturated heterocycles. The van der Waals surface area contributed by atoms with E-state index in [9.17, 15) is 4.79 Å². The number of pyridine rings is 1. The summed E-state index contributed by atoms with van der Waals surface area (Å²) in [7, 11) is 0. The number of carbonyl (C=O) groups is 1. The van der Waals surface area contributed by atoms with E-state index in [0.29, 0.717) is 16.3 Å². The van der Waals surface area contributed by atoms with Gasteiger partial charge in [-0.15, -0.1) is 11.3 Å². The number of fused-ring (bicyclic) bond motifs is 1. The van der Waals surface area contributed by atoms with Gasteiger partial charge < -0.3 is 10.1 Å². The molecule has 0 unspecified atom stereocenters. The van der Waals surface area contributed by atoms with Gasteiger partial charge in [0.2, 0.25) is 5.95 Å². The Bertz CT molecular complexity index is 866. The van der Waals surface area contributed by atoms with E-state index < -0.39 is 5.97 Å². The Kier molecular flexibility index (Phi) is 4.66. The number of hydrogen-bond acceptors (Lipinski definition) is 8. The van der Waals surface area contributed by atoms with Crippen LogP contribution in [0, 0.1) is 6.92 Å². The average molecular weight is 343 g/mol. The fourth-order valence-electron chi connectivity index (χ4n) is 2.23. The molecule has 0 radical (unpaired) electrons. The summed E-state index contributed by atoms with van der Waals surface area (Å²) in [4.78, 5) is 29.6. The number of esters is 1. The highest BCUT2D eigenvalue weighted by atomic mass is 32.1. The molecular weight excluding hydrogens is 326 g/mol. The first-order chi connectivity index (χ1) is 11.6. The second kappa shape index (κ2) is 6.88. The molecule has 0 saturated carbocycles. The topological polar surface area (TPSA) is 89.9 Å². The van der Waals surface area contributed by atoms with Gasteiger partial charge in [-0.3, -0.25) is 4.98 Å². The Morgan fingerprint density at radius 2 is 2.17 bits per heavy atom. The normalized spacial score (nSPS) is 12.1. The molecule has 7 nitrogen and oxygen atoms in total. The van der Waals surface area contributed by atoms with Gasteiger partial charge in [0.25, 0.3) is 0 Å². The van der Waals surface area contributed by atoms with E-state index in [0.717, 1.165) is 10.7 Å². The summed E-state index contributed by atoms with van der Waals surface area (Å²) >= 11 is 1.38. The molecule has 3 aromatic rings.